The van der Waals surface area contributed by atoms with Crippen molar-refractivity contribution < 1.29 is 4.52 Å². The lowest BCUT2D eigenvalue weighted by atomic mass is 9.99. The van der Waals surface area contributed by atoms with E-state index in [1.807, 2.05) is 6.07 Å². The first-order valence-corrected chi connectivity index (χ1v) is 8.74. The topological polar surface area (TPSA) is 65.7 Å². The van der Waals surface area contributed by atoms with Crippen LogP contribution in [0.2, 0.25) is 0 Å². The molecule has 1 aliphatic rings. The molecule has 1 unspecified atom stereocenters. The molecule has 138 valence electrons. The second kappa shape index (κ2) is 10.9. The fourth-order valence-electron chi connectivity index (χ4n) is 2.86. The Labute approximate surface area is 162 Å². The third-order valence-corrected chi connectivity index (χ3v) is 4.19. The van der Waals surface area contributed by atoms with Crippen molar-refractivity contribution in [1.29, 1.82) is 0 Å². The monoisotopic (exact) mass is 449 g/mol. The van der Waals surface area contributed by atoms with Crippen LogP contribution in [-0.4, -0.2) is 49.2 Å². The zero-order chi connectivity index (χ0) is 16.7. The molecule has 0 aromatic carbocycles. The maximum absolute atomic E-state index is 5.34. The molecule has 0 bridgehead atoms. The highest BCUT2D eigenvalue weighted by Crippen LogP contribution is 2.15. The zero-order valence-corrected chi connectivity index (χ0v) is 17.7. The normalized spacial score (nSPS) is 19.2. The fourth-order valence-corrected chi connectivity index (χ4v) is 2.86. The number of aromatic nitrogens is 1. The van der Waals surface area contributed by atoms with Gasteiger partial charge in [0.05, 0.1) is 5.69 Å². The van der Waals surface area contributed by atoms with Crippen molar-refractivity contribution in [3.63, 3.8) is 0 Å². The van der Waals surface area contributed by atoms with Gasteiger partial charge >= 0.3 is 0 Å². The van der Waals surface area contributed by atoms with Crippen LogP contribution in [0.15, 0.2) is 15.6 Å². The number of piperidine rings is 1. The van der Waals surface area contributed by atoms with Crippen LogP contribution in [0, 0.1) is 5.92 Å². The molecule has 0 radical (unpaired) electrons. The maximum atomic E-state index is 5.34. The summed E-state index contributed by atoms with van der Waals surface area (Å²) in [6.45, 7) is 11.0. The quantitative estimate of drug-likeness (QED) is 0.397. The van der Waals surface area contributed by atoms with Crippen LogP contribution in [0.4, 0.5) is 0 Å². The Morgan fingerprint density at radius 3 is 2.88 bits per heavy atom. The Hall–Kier alpha value is -0.830. The van der Waals surface area contributed by atoms with E-state index in [-0.39, 0.29) is 24.0 Å². The van der Waals surface area contributed by atoms with E-state index in [4.69, 9.17) is 4.52 Å². The van der Waals surface area contributed by atoms with Crippen LogP contribution in [0.3, 0.4) is 0 Å². The van der Waals surface area contributed by atoms with Gasteiger partial charge in [0.1, 0.15) is 6.54 Å². The lowest BCUT2D eigenvalue weighted by Crippen LogP contribution is -2.43. The van der Waals surface area contributed by atoms with Gasteiger partial charge in [0.15, 0.2) is 11.7 Å². The van der Waals surface area contributed by atoms with E-state index in [1.165, 1.54) is 19.4 Å². The molecule has 0 aliphatic carbocycles. The Bertz CT molecular complexity index is 503. The van der Waals surface area contributed by atoms with E-state index >= 15 is 0 Å². The van der Waals surface area contributed by atoms with Crippen LogP contribution < -0.4 is 10.6 Å². The summed E-state index contributed by atoms with van der Waals surface area (Å²) < 4.78 is 5.34. The lowest BCUT2D eigenvalue weighted by Gasteiger charge is -2.30. The van der Waals surface area contributed by atoms with Gasteiger partial charge in [0, 0.05) is 25.7 Å². The lowest BCUT2D eigenvalue weighted by molar-refractivity contribution is 0.210. The first-order chi connectivity index (χ1) is 11.1. The summed E-state index contributed by atoms with van der Waals surface area (Å²) in [5, 5.41) is 10.8. The number of aliphatic imine (C=N–C) groups is 1. The Kier molecular flexibility index (Phi) is 9.65. The number of halogens is 1. The van der Waals surface area contributed by atoms with Gasteiger partial charge < -0.3 is 20.1 Å². The van der Waals surface area contributed by atoms with Crippen LogP contribution >= 0.6 is 24.0 Å². The summed E-state index contributed by atoms with van der Waals surface area (Å²) in [6.07, 6.45) is 2.57. The first-order valence-electron chi connectivity index (χ1n) is 8.74. The number of guanidine groups is 1. The van der Waals surface area contributed by atoms with Crippen molar-refractivity contribution in [2.45, 2.75) is 46.1 Å². The second-order valence-corrected chi connectivity index (χ2v) is 6.72. The predicted molar refractivity (Wildman–Crippen MR) is 109 cm³/mol. The molecule has 0 saturated carbocycles. The largest absolute Gasteiger partial charge is 0.359 e. The standard InChI is InChI=1S/C17H31N5O.HI/c1-5-18-17(19-10-14-7-6-8-22(4)12-14)20-11-15-9-16(13(2)3)21-23-15;/h9,13-14H,5-8,10-12H2,1-4H3,(H2,18,19,20);1H. The predicted octanol–water partition coefficient (Wildman–Crippen LogP) is 2.81. The van der Waals surface area contributed by atoms with Gasteiger partial charge in [-0.2, -0.15) is 0 Å². The molecule has 1 aliphatic heterocycles. The van der Waals surface area contributed by atoms with Gasteiger partial charge in [-0.15, -0.1) is 24.0 Å². The minimum atomic E-state index is 0. The Balaban J connectivity index is 0.00000288. The summed E-state index contributed by atoms with van der Waals surface area (Å²) in [6, 6.07) is 1.99. The molecule has 1 saturated heterocycles. The fraction of sp³-hybridized carbons (Fsp3) is 0.765. The number of hydrogen-bond acceptors (Lipinski definition) is 4. The number of nitrogens with one attached hydrogen (secondary N) is 2. The highest BCUT2D eigenvalue weighted by Gasteiger charge is 2.17. The van der Waals surface area contributed by atoms with E-state index in [0.29, 0.717) is 18.4 Å². The van der Waals surface area contributed by atoms with Crippen molar-refractivity contribution in [3.8, 4) is 0 Å². The van der Waals surface area contributed by atoms with Crippen molar-refractivity contribution in [2.24, 2.45) is 10.9 Å². The van der Waals surface area contributed by atoms with Gasteiger partial charge in [-0.1, -0.05) is 19.0 Å². The Morgan fingerprint density at radius 2 is 2.25 bits per heavy atom. The minimum Gasteiger partial charge on any atom is -0.359 e. The molecule has 1 aromatic rings. The van der Waals surface area contributed by atoms with Gasteiger partial charge in [-0.05, 0) is 45.2 Å². The molecule has 0 amide bonds. The Morgan fingerprint density at radius 1 is 1.46 bits per heavy atom. The third kappa shape index (κ3) is 6.96. The SMILES string of the molecule is CCNC(=NCc1cc(C(C)C)no1)NCC1CCCN(C)C1.I. The molecule has 7 heteroatoms. The maximum Gasteiger partial charge on any atom is 0.191 e. The summed E-state index contributed by atoms with van der Waals surface area (Å²) in [5.74, 6) is 2.73. The van der Waals surface area contributed by atoms with E-state index in [9.17, 15) is 0 Å². The van der Waals surface area contributed by atoms with E-state index in [2.05, 4.69) is 53.5 Å². The average molecular weight is 449 g/mol. The average Bonchev–Trinajstić information content (AvgIpc) is 2.99. The molecule has 2 rings (SSSR count). The molecular weight excluding hydrogens is 417 g/mol. The number of likely N-dealkylation sites (tertiary alicyclic amines) is 1. The number of hydrogen-bond donors (Lipinski definition) is 2. The third-order valence-electron chi connectivity index (χ3n) is 4.19. The number of rotatable bonds is 6. The van der Waals surface area contributed by atoms with Crippen molar-refractivity contribution in [3.05, 3.63) is 17.5 Å². The molecule has 1 atom stereocenters. The molecule has 2 heterocycles. The van der Waals surface area contributed by atoms with Crippen LogP contribution in [0.1, 0.15) is 51.0 Å². The van der Waals surface area contributed by atoms with Gasteiger partial charge in [0.25, 0.3) is 0 Å². The zero-order valence-electron chi connectivity index (χ0n) is 15.3. The summed E-state index contributed by atoms with van der Waals surface area (Å²) in [4.78, 5) is 7.01. The molecular formula is C17H32IN5O. The molecule has 24 heavy (non-hydrogen) atoms. The van der Waals surface area contributed by atoms with Crippen molar-refractivity contribution in [1.82, 2.24) is 20.7 Å². The summed E-state index contributed by atoms with van der Waals surface area (Å²) >= 11 is 0. The van der Waals surface area contributed by atoms with E-state index < -0.39 is 0 Å². The van der Waals surface area contributed by atoms with Gasteiger partial charge in [-0.3, -0.25) is 0 Å². The van der Waals surface area contributed by atoms with E-state index in [1.54, 1.807) is 0 Å². The number of nitrogens with zero attached hydrogens (tertiary/aromatic N) is 3. The molecule has 1 aromatic heterocycles. The van der Waals surface area contributed by atoms with Gasteiger partial charge in [0.2, 0.25) is 0 Å². The van der Waals surface area contributed by atoms with E-state index in [0.717, 1.165) is 37.0 Å². The van der Waals surface area contributed by atoms with Crippen molar-refractivity contribution in [2.75, 3.05) is 33.2 Å². The first kappa shape index (κ1) is 21.2. The van der Waals surface area contributed by atoms with Crippen LogP contribution in [-0.2, 0) is 6.54 Å². The smallest absolute Gasteiger partial charge is 0.191 e. The van der Waals surface area contributed by atoms with Crippen LogP contribution in [0.25, 0.3) is 0 Å². The highest BCUT2D eigenvalue weighted by molar-refractivity contribution is 14.0. The van der Waals surface area contributed by atoms with Gasteiger partial charge in [-0.25, -0.2) is 4.99 Å². The van der Waals surface area contributed by atoms with Crippen LogP contribution in [0.5, 0.6) is 0 Å². The summed E-state index contributed by atoms with van der Waals surface area (Å²) in [7, 11) is 2.20. The second-order valence-electron chi connectivity index (χ2n) is 6.72. The minimum absolute atomic E-state index is 0. The molecule has 0 spiro atoms. The van der Waals surface area contributed by atoms with Crippen molar-refractivity contribution >= 4 is 29.9 Å². The highest BCUT2D eigenvalue weighted by atomic mass is 127. The summed E-state index contributed by atoms with van der Waals surface area (Å²) in [5.41, 5.74) is 0.985. The molecule has 6 nitrogen and oxygen atoms in total. The molecule has 1 fully saturated rings. The molecule has 2 N–H and O–H groups in total.